The van der Waals surface area contributed by atoms with Gasteiger partial charge in [0.15, 0.2) is 0 Å². The molecule has 0 atom stereocenters. The van der Waals surface area contributed by atoms with E-state index in [1.54, 1.807) is 0 Å². The maximum absolute atomic E-state index is 11.7. The summed E-state index contributed by atoms with van der Waals surface area (Å²) in [5.41, 5.74) is 4.11. The van der Waals surface area contributed by atoms with Crippen molar-refractivity contribution in [2.24, 2.45) is 0 Å². The van der Waals surface area contributed by atoms with Crippen molar-refractivity contribution < 1.29 is 9.90 Å². The molecule has 0 aliphatic rings. The van der Waals surface area contributed by atoms with E-state index < -0.39 is 5.97 Å². The van der Waals surface area contributed by atoms with E-state index >= 15 is 0 Å². The van der Waals surface area contributed by atoms with Gasteiger partial charge in [0, 0.05) is 17.3 Å². The number of hydrogen-bond acceptors (Lipinski definition) is 1. The minimum Gasteiger partial charge on any atom is -0.478 e. The molecule has 21 heavy (non-hydrogen) atoms. The molecule has 0 unspecified atom stereocenters. The predicted molar refractivity (Wildman–Crippen MR) is 86.3 cm³/mol. The lowest BCUT2D eigenvalue weighted by atomic mass is 9.94. The molecule has 2 rings (SSSR count). The van der Waals surface area contributed by atoms with Gasteiger partial charge >= 0.3 is 5.97 Å². The number of aromatic carboxylic acids is 1. The summed E-state index contributed by atoms with van der Waals surface area (Å²) < 4.78 is 2.07. The van der Waals surface area contributed by atoms with Crippen LogP contribution >= 0.6 is 11.6 Å². The maximum Gasteiger partial charge on any atom is 0.337 e. The first-order valence-corrected chi connectivity index (χ1v) is 7.48. The van der Waals surface area contributed by atoms with Gasteiger partial charge in [0.1, 0.15) is 0 Å². The highest BCUT2D eigenvalue weighted by Crippen LogP contribution is 2.37. The van der Waals surface area contributed by atoms with Crippen LogP contribution in [0.15, 0.2) is 24.3 Å². The van der Waals surface area contributed by atoms with E-state index in [-0.39, 0.29) is 5.92 Å². The quantitative estimate of drug-likeness (QED) is 0.867. The zero-order valence-corrected chi connectivity index (χ0v) is 13.5. The highest BCUT2D eigenvalue weighted by molar-refractivity contribution is 6.30. The van der Waals surface area contributed by atoms with Crippen molar-refractivity contribution in [1.29, 1.82) is 0 Å². The van der Waals surface area contributed by atoms with E-state index in [0.717, 1.165) is 29.1 Å². The summed E-state index contributed by atoms with van der Waals surface area (Å²) in [7, 11) is 0. The average molecular weight is 306 g/mol. The molecule has 4 heteroatoms. The number of aromatic nitrogens is 1. The van der Waals surface area contributed by atoms with Gasteiger partial charge in [-0.1, -0.05) is 37.6 Å². The van der Waals surface area contributed by atoms with Crippen LogP contribution in [0.3, 0.4) is 0 Å². The standard InChI is InChI=1S/C17H20ClNO2/c1-5-19-11(4)15(17(20)21)14(10(2)3)16(19)12-6-8-13(18)9-7-12/h6-10H,5H2,1-4H3,(H,20,21). The molecule has 0 radical (unpaired) electrons. The fraction of sp³-hybridized carbons (Fsp3) is 0.353. The number of carbonyl (C=O) groups is 1. The molecule has 112 valence electrons. The van der Waals surface area contributed by atoms with E-state index in [1.165, 1.54) is 0 Å². The topological polar surface area (TPSA) is 42.2 Å². The maximum atomic E-state index is 11.7. The summed E-state index contributed by atoms with van der Waals surface area (Å²) in [6, 6.07) is 7.56. The van der Waals surface area contributed by atoms with Crippen LogP contribution in [-0.2, 0) is 6.54 Å². The molecule has 3 nitrogen and oxygen atoms in total. The number of benzene rings is 1. The van der Waals surface area contributed by atoms with Crippen LogP contribution in [0.1, 0.15) is 48.3 Å². The van der Waals surface area contributed by atoms with Crippen molar-refractivity contribution in [2.45, 2.75) is 40.2 Å². The minimum atomic E-state index is -0.862. The summed E-state index contributed by atoms with van der Waals surface area (Å²) in [5, 5.41) is 10.3. The minimum absolute atomic E-state index is 0.133. The summed E-state index contributed by atoms with van der Waals surface area (Å²) >= 11 is 5.96. The van der Waals surface area contributed by atoms with Gasteiger partial charge in [0.25, 0.3) is 0 Å². The molecule has 0 aliphatic carbocycles. The third-order valence-electron chi connectivity index (χ3n) is 3.79. The van der Waals surface area contributed by atoms with Gasteiger partial charge < -0.3 is 9.67 Å². The molecular weight excluding hydrogens is 286 g/mol. The van der Waals surface area contributed by atoms with Crippen LogP contribution in [0.25, 0.3) is 11.3 Å². The molecule has 0 aliphatic heterocycles. The van der Waals surface area contributed by atoms with Gasteiger partial charge in [-0.05, 0) is 43.0 Å². The van der Waals surface area contributed by atoms with Gasteiger partial charge in [-0.2, -0.15) is 0 Å². The average Bonchev–Trinajstić information content (AvgIpc) is 2.72. The summed E-state index contributed by atoms with van der Waals surface area (Å²) in [6.07, 6.45) is 0. The third-order valence-corrected chi connectivity index (χ3v) is 4.04. The molecule has 0 spiro atoms. The van der Waals surface area contributed by atoms with Gasteiger partial charge in [0.2, 0.25) is 0 Å². The molecule has 1 aromatic carbocycles. The fourth-order valence-corrected chi connectivity index (χ4v) is 3.03. The van der Waals surface area contributed by atoms with Gasteiger partial charge in [-0.3, -0.25) is 0 Å². The zero-order valence-electron chi connectivity index (χ0n) is 12.8. The van der Waals surface area contributed by atoms with Gasteiger partial charge in [0.05, 0.1) is 11.3 Å². The molecule has 0 amide bonds. The second-order valence-corrected chi connectivity index (χ2v) is 5.87. The second kappa shape index (κ2) is 5.94. The first-order valence-electron chi connectivity index (χ1n) is 7.10. The number of carboxylic acids is 1. The lowest BCUT2D eigenvalue weighted by Crippen LogP contribution is -2.03. The fourth-order valence-electron chi connectivity index (χ4n) is 2.91. The molecular formula is C17H20ClNO2. The Bertz CT molecular complexity index is 669. The third kappa shape index (κ3) is 2.70. The number of carboxylic acid groups (broad SMARTS) is 1. The van der Waals surface area contributed by atoms with Crippen LogP contribution in [0.5, 0.6) is 0 Å². The first-order chi connectivity index (χ1) is 9.88. The summed E-state index contributed by atoms with van der Waals surface area (Å²) in [4.78, 5) is 11.7. The molecule has 1 heterocycles. The van der Waals surface area contributed by atoms with Crippen molar-refractivity contribution in [3.8, 4) is 11.3 Å². The summed E-state index contributed by atoms with van der Waals surface area (Å²) in [5.74, 6) is -0.730. The Labute approximate surface area is 130 Å². The van der Waals surface area contributed by atoms with Crippen molar-refractivity contribution >= 4 is 17.6 Å². The molecule has 2 aromatic rings. The summed E-state index contributed by atoms with van der Waals surface area (Å²) in [6.45, 7) is 8.69. The van der Waals surface area contributed by atoms with Crippen LogP contribution < -0.4 is 0 Å². The molecule has 0 saturated carbocycles. The monoisotopic (exact) mass is 305 g/mol. The van der Waals surface area contributed by atoms with Gasteiger partial charge in [-0.25, -0.2) is 4.79 Å². The zero-order chi connectivity index (χ0) is 15.7. The lowest BCUT2D eigenvalue weighted by molar-refractivity contribution is 0.0694. The Morgan fingerprint density at radius 3 is 2.29 bits per heavy atom. The Hall–Kier alpha value is -1.74. The van der Waals surface area contributed by atoms with Crippen LogP contribution in [0.2, 0.25) is 5.02 Å². The number of nitrogens with zero attached hydrogens (tertiary/aromatic N) is 1. The van der Waals surface area contributed by atoms with Crippen molar-refractivity contribution in [3.63, 3.8) is 0 Å². The smallest absolute Gasteiger partial charge is 0.337 e. The number of halogens is 1. The Morgan fingerprint density at radius 2 is 1.86 bits per heavy atom. The first kappa shape index (κ1) is 15.6. The van der Waals surface area contributed by atoms with Crippen molar-refractivity contribution in [1.82, 2.24) is 4.57 Å². The number of hydrogen-bond donors (Lipinski definition) is 1. The molecule has 0 bridgehead atoms. The molecule has 1 N–H and O–H groups in total. The Kier molecular flexibility index (Phi) is 4.43. The van der Waals surface area contributed by atoms with Crippen LogP contribution in [0.4, 0.5) is 0 Å². The highest BCUT2D eigenvalue weighted by Gasteiger charge is 2.26. The van der Waals surface area contributed by atoms with Gasteiger partial charge in [-0.15, -0.1) is 0 Å². The van der Waals surface area contributed by atoms with E-state index in [9.17, 15) is 9.90 Å². The predicted octanol–water partition coefficient (Wildman–Crippen LogP) is 4.96. The van der Waals surface area contributed by atoms with E-state index in [1.807, 2.05) is 52.0 Å². The van der Waals surface area contributed by atoms with E-state index in [2.05, 4.69) is 4.57 Å². The lowest BCUT2D eigenvalue weighted by Gasteiger charge is -2.13. The molecule has 0 fully saturated rings. The van der Waals surface area contributed by atoms with Crippen molar-refractivity contribution in [2.75, 3.05) is 0 Å². The Morgan fingerprint density at radius 1 is 1.29 bits per heavy atom. The molecule has 0 saturated heterocycles. The second-order valence-electron chi connectivity index (χ2n) is 5.43. The SMILES string of the molecule is CCn1c(C)c(C(=O)O)c(C(C)C)c1-c1ccc(Cl)cc1. The van der Waals surface area contributed by atoms with E-state index in [0.29, 0.717) is 10.6 Å². The normalized spacial score (nSPS) is 11.1. The van der Waals surface area contributed by atoms with Crippen LogP contribution in [0, 0.1) is 6.92 Å². The largest absolute Gasteiger partial charge is 0.478 e. The highest BCUT2D eigenvalue weighted by atomic mass is 35.5. The number of rotatable bonds is 4. The van der Waals surface area contributed by atoms with E-state index in [4.69, 9.17) is 11.6 Å². The Balaban J connectivity index is 2.82. The van der Waals surface area contributed by atoms with Crippen LogP contribution in [-0.4, -0.2) is 15.6 Å². The molecule has 1 aromatic heterocycles. The van der Waals surface area contributed by atoms with Crippen molar-refractivity contribution in [3.05, 3.63) is 46.1 Å².